The Morgan fingerprint density at radius 2 is 0.767 bits per heavy atom. The molecule has 0 aliphatic carbocycles. The Hall–Kier alpha value is -5.41. The van der Waals surface area contributed by atoms with E-state index in [9.17, 15) is 0 Å². The molecule has 0 saturated heterocycles. The fourth-order valence-corrected chi connectivity index (χ4v) is 4.86. The molecule has 0 radical (unpaired) electrons. The van der Waals surface area contributed by atoms with Crippen molar-refractivity contribution in [3.63, 3.8) is 0 Å². The van der Waals surface area contributed by atoms with Crippen molar-refractivity contribution in [2.45, 2.75) is 20.8 Å². The lowest BCUT2D eigenvalue weighted by Gasteiger charge is -2.11. The predicted octanol–water partition coefficient (Wildman–Crippen LogP) is 11.1. The summed E-state index contributed by atoms with van der Waals surface area (Å²) in [4.78, 5) is 5.13. The van der Waals surface area contributed by atoms with Crippen molar-refractivity contribution in [1.29, 1.82) is 0 Å². The fraction of sp³-hybridized carbons (Fsp3) is 0.0750. The molecule has 0 atom stereocenters. The maximum atomic E-state index is 5.13. The maximum Gasteiger partial charge on any atom is 0.0964 e. The van der Waals surface area contributed by atoms with Gasteiger partial charge in [-0.25, -0.2) is 0 Å². The highest BCUT2D eigenvalue weighted by atomic mass is 15.1. The van der Waals surface area contributed by atoms with E-state index >= 15 is 0 Å². The molecule has 5 rings (SSSR count). The SMILES string of the molecule is C=C(/N=N\C(=C(/C)c1ccccc1)c1ccccc1)c1ccc(/C(C)=N/C(=C(\C)c2ccccc2)c2ccccc2)cc1. The smallest absolute Gasteiger partial charge is 0.0964 e. The van der Waals surface area contributed by atoms with Crippen molar-refractivity contribution in [2.24, 2.45) is 15.2 Å². The first-order chi connectivity index (χ1) is 21.0. The zero-order chi connectivity index (χ0) is 30.0. The van der Waals surface area contributed by atoms with Gasteiger partial charge in [0.2, 0.25) is 0 Å². The summed E-state index contributed by atoms with van der Waals surface area (Å²) in [6.07, 6.45) is 0. The van der Waals surface area contributed by atoms with Crippen molar-refractivity contribution >= 4 is 33.9 Å². The van der Waals surface area contributed by atoms with E-state index in [0.717, 1.165) is 61.6 Å². The van der Waals surface area contributed by atoms with Gasteiger partial charge in [0.1, 0.15) is 0 Å². The lowest BCUT2D eigenvalue weighted by atomic mass is 10.0. The number of aliphatic imine (C=N–C) groups is 1. The average Bonchev–Trinajstić information content (AvgIpc) is 3.08. The summed E-state index contributed by atoms with van der Waals surface area (Å²) in [5.74, 6) is 0. The van der Waals surface area contributed by atoms with Crippen LogP contribution in [0.2, 0.25) is 0 Å². The van der Waals surface area contributed by atoms with Gasteiger partial charge in [-0.3, -0.25) is 4.99 Å². The first kappa shape index (κ1) is 29.1. The number of benzene rings is 5. The summed E-state index contributed by atoms with van der Waals surface area (Å²) in [5, 5.41) is 9.27. The zero-order valence-corrected chi connectivity index (χ0v) is 24.9. The van der Waals surface area contributed by atoms with E-state index in [0.29, 0.717) is 5.70 Å². The van der Waals surface area contributed by atoms with E-state index in [1.165, 1.54) is 0 Å². The first-order valence-electron chi connectivity index (χ1n) is 14.4. The van der Waals surface area contributed by atoms with Gasteiger partial charge in [0, 0.05) is 22.4 Å². The third-order valence-electron chi connectivity index (χ3n) is 7.40. The van der Waals surface area contributed by atoms with Gasteiger partial charge < -0.3 is 0 Å². The molecule has 0 heterocycles. The van der Waals surface area contributed by atoms with Gasteiger partial charge in [0.05, 0.1) is 17.1 Å². The second-order valence-corrected chi connectivity index (χ2v) is 10.3. The number of hydrogen-bond acceptors (Lipinski definition) is 3. The van der Waals surface area contributed by atoms with E-state index in [4.69, 9.17) is 10.1 Å². The molecule has 0 aliphatic rings. The number of hydrogen-bond donors (Lipinski definition) is 0. The molecule has 0 aromatic heterocycles. The highest BCUT2D eigenvalue weighted by molar-refractivity contribution is 6.04. The first-order valence-corrected chi connectivity index (χ1v) is 14.4. The third-order valence-corrected chi connectivity index (χ3v) is 7.40. The summed E-state index contributed by atoms with van der Waals surface area (Å²) in [5.41, 5.74) is 11.8. The normalized spacial score (nSPS) is 13.0. The van der Waals surface area contributed by atoms with Gasteiger partial charge in [0.15, 0.2) is 0 Å². The second kappa shape index (κ2) is 14.0. The van der Waals surface area contributed by atoms with Crippen molar-refractivity contribution in [2.75, 3.05) is 0 Å². The Balaban J connectivity index is 1.42. The summed E-state index contributed by atoms with van der Waals surface area (Å²) in [7, 11) is 0. The molecule has 3 heteroatoms. The number of rotatable bonds is 9. The van der Waals surface area contributed by atoms with Crippen LogP contribution in [0.5, 0.6) is 0 Å². The molecule has 5 aromatic carbocycles. The molecular weight excluding hydrogens is 522 g/mol. The monoisotopic (exact) mass is 557 g/mol. The second-order valence-electron chi connectivity index (χ2n) is 10.3. The molecule has 0 aliphatic heterocycles. The topological polar surface area (TPSA) is 37.1 Å². The Bertz CT molecular complexity index is 1800. The van der Waals surface area contributed by atoms with Crippen LogP contribution in [0.3, 0.4) is 0 Å². The molecular formula is C40H35N3. The molecule has 0 amide bonds. The van der Waals surface area contributed by atoms with E-state index in [2.05, 4.69) is 98.3 Å². The fourth-order valence-electron chi connectivity index (χ4n) is 4.86. The van der Waals surface area contributed by atoms with E-state index in [1.807, 2.05) is 79.7 Å². The van der Waals surface area contributed by atoms with Crippen LogP contribution in [-0.2, 0) is 0 Å². The minimum atomic E-state index is 0.597. The zero-order valence-electron chi connectivity index (χ0n) is 24.9. The molecule has 0 spiro atoms. The predicted molar refractivity (Wildman–Crippen MR) is 183 cm³/mol. The van der Waals surface area contributed by atoms with Gasteiger partial charge in [-0.2, -0.15) is 5.11 Å². The largest absolute Gasteiger partial charge is 0.252 e. The van der Waals surface area contributed by atoms with Gasteiger partial charge >= 0.3 is 0 Å². The summed E-state index contributed by atoms with van der Waals surface area (Å²) in [6, 6.07) is 49.3. The molecule has 0 unspecified atom stereocenters. The Morgan fingerprint density at radius 3 is 1.23 bits per heavy atom. The molecule has 0 fully saturated rings. The highest BCUT2D eigenvalue weighted by Crippen LogP contribution is 2.30. The van der Waals surface area contributed by atoms with Crippen LogP contribution in [0.1, 0.15) is 54.2 Å². The molecule has 0 N–H and O–H groups in total. The highest BCUT2D eigenvalue weighted by Gasteiger charge is 2.10. The van der Waals surface area contributed by atoms with Crippen LogP contribution in [0.25, 0.3) is 28.2 Å². The Labute approximate surface area is 255 Å². The van der Waals surface area contributed by atoms with Crippen molar-refractivity contribution < 1.29 is 0 Å². The van der Waals surface area contributed by atoms with Crippen LogP contribution in [0, 0.1) is 0 Å². The standard InChI is InChI=1S/C40H35N3/c1-29(33-17-9-5-10-18-33)39(37-21-13-7-14-22-37)41-31(3)35-25-27-36(28-26-35)32(4)42-43-40(38-23-15-8-16-24-38)30(2)34-19-11-6-12-20-34/h5-28H,4H2,1-3H3/b39-29+,40-30+,41-31+,43-42-. The van der Waals surface area contributed by atoms with Crippen LogP contribution >= 0.6 is 0 Å². The minimum absolute atomic E-state index is 0.597. The lowest BCUT2D eigenvalue weighted by molar-refractivity contribution is 1.25. The van der Waals surface area contributed by atoms with Gasteiger partial charge in [-0.05, 0) is 48.6 Å². The lowest BCUT2D eigenvalue weighted by Crippen LogP contribution is -1.97. The van der Waals surface area contributed by atoms with Crippen molar-refractivity contribution in [1.82, 2.24) is 0 Å². The van der Waals surface area contributed by atoms with E-state index in [1.54, 1.807) is 0 Å². The maximum absolute atomic E-state index is 5.13. The van der Waals surface area contributed by atoms with Crippen LogP contribution < -0.4 is 0 Å². The van der Waals surface area contributed by atoms with Gasteiger partial charge in [-0.1, -0.05) is 152 Å². The number of nitrogens with zero attached hydrogens (tertiary/aromatic N) is 3. The molecule has 5 aromatic rings. The minimum Gasteiger partial charge on any atom is -0.252 e. The summed E-state index contributed by atoms with van der Waals surface area (Å²) in [6.45, 7) is 10.5. The third kappa shape index (κ3) is 7.27. The molecule has 0 bridgehead atoms. The van der Waals surface area contributed by atoms with Crippen molar-refractivity contribution in [3.8, 4) is 0 Å². The molecule has 210 valence electrons. The van der Waals surface area contributed by atoms with Crippen LogP contribution in [0.4, 0.5) is 0 Å². The molecule has 43 heavy (non-hydrogen) atoms. The van der Waals surface area contributed by atoms with Crippen molar-refractivity contribution in [3.05, 3.63) is 186 Å². The molecule has 3 nitrogen and oxygen atoms in total. The van der Waals surface area contributed by atoms with E-state index in [-0.39, 0.29) is 0 Å². The number of allylic oxidation sites excluding steroid dienone is 2. The van der Waals surface area contributed by atoms with Crippen LogP contribution in [-0.4, -0.2) is 5.71 Å². The molecule has 0 saturated carbocycles. The average molecular weight is 558 g/mol. The number of azo groups is 1. The Kier molecular flexibility index (Phi) is 9.46. The van der Waals surface area contributed by atoms with Gasteiger partial charge in [0.25, 0.3) is 0 Å². The Morgan fingerprint density at radius 1 is 0.395 bits per heavy atom. The van der Waals surface area contributed by atoms with E-state index < -0.39 is 0 Å². The summed E-state index contributed by atoms with van der Waals surface area (Å²) >= 11 is 0. The summed E-state index contributed by atoms with van der Waals surface area (Å²) < 4.78 is 0. The quantitative estimate of drug-likeness (QED) is 0.0982. The van der Waals surface area contributed by atoms with Crippen LogP contribution in [0.15, 0.2) is 167 Å². The van der Waals surface area contributed by atoms with Gasteiger partial charge in [-0.15, -0.1) is 5.11 Å².